The monoisotopic (exact) mass is 296 g/mol. The van der Waals surface area contributed by atoms with E-state index in [2.05, 4.69) is 16.0 Å². The van der Waals surface area contributed by atoms with Gasteiger partial charge < -0.3 is 20.7 Å². The zero-order valence-electron chi connectivity index (χ0n) is 12.1. The minimum Gasteiger partial charge on any atom is -0.385 e. The van der Waals surface area contributed by atoms with E-state index in [-0.39, 0.29) is 18.1 Å². The Morgan fingerprint density at radius 2 is 1.95 bits per heavy atom. The minimum absolute atomic E-state index is 0.0317. The molecule has 0 aromatic heterocycles. The number of benzene rings is 1. The summed E-state index contributed by atoms with van der Waals surface area (Å²) in [6.45, 7) is 3.45. The Morgan fingerprint density at radius 1 is 1.29 bits per heavy atom. The van der Waals surface area contributed by atoms with Crippen LogP contribution in [0.25, 0.3) is 0 Å². The molecule has 1 aromatic carbocycles. The number of nitrogens with zero attached hydrogens (tertiary/aromatic N) is 1. The Hall–Kier alpha value is -2.35. The molecular formula is C13H20N4O4. The number of rotatable bonds is 9. The molecule has 1 aromatic rings. The van der Waals surface area contributed by atoms with Gasteiger partial charge in [-0.1, -0.05) is 0 Å². The fourth-order valence-corrected chi connectivity index (χ4v) is 1.66. The molecule has 0 atom stereocenters. The third-order valence-electron chi connectivity index (χ3n) is 2.59. The number of nitro benzene ring substituents is 1. The molecule has 0 heterocycles. The Morgan fingerprint density at radius 3 is 2.52 bits per heavy atom. The van der Waals surface area contributed by atoms with Crippen LogP contribution in [0.2, 0.25) is 0 Å². The van der Waals surface area contributed by atoms with Crippen molar-refractivity contribution in [2.75, 3.05) is 44.0 Å². The van der Waals surface area contributed by atoms with Crippen LogP contribution in [-0.4, -0.2) is 44.2 Å². The third-order valence-corrected chi connectivity index (χ3v) is 2.59. The van der Waals surface area contributed by atoms with Gasteiger partial charge in [-0.25, -0.2) is 0 Å². The van der Waals surface area contributed by atoms with Crippen LogP contribution in [0.15, 0.2) is 18.2 Å². The molecule has 0 radical (unpaired) electrons. The Bertz CT molecular complexity index is 493. The number of hydrogen-bond acceptors (Lipinski definition) is 6. The van der Waals surface area contributed by atoms with Gasteiger partial charge in [0, 0.05) is 43.7 Å². The van der Waals surface area contributed by atoms with Crippen molar-refractivity contribution >= 4 is 23.0 Å². The molecule has 0 aliphatic heterocycles. The highest BCUT2D eigenvalue weighted by Crippen LogP contribution is 2.24. The summed E-state index contributed by atoms with van der Waals surface area (Å²) in [6, 6.07) is 4.57. The molecule has 0 aliphatic rings. The van der Waals surface area contributed by atoms with E-state index in [0.29, 0.717) is 31.1 Å². The van der Waals surface area contributed by atoms with Gasteiger partial charge in [0.25, 0.3) is 5.69 Å². The van der Waals surface area contributed by atoms with E-state index in [1.54, 1.807) is 13.2 Å². The fourth-order valence-electron chi connectivity index (χ4n) is 1.66. The lowest BCUT2D eigenvalue weighted by Gasteiger charge is -2.10. The van der Waals surface area contributed by atoms with E-state index in [1.807, 2.05) is 6.92 Å². The summed E-state index contributed by atoms with van der Waals surface area (Å²) in [6.07, 6.45) is 0. The predicted octanol–water partition coefficient (Wildman–Crippen LogP) is 1.20. The van der Waals surface area contributed by atoms with Gasteiger partial charge in [0.2, 0.25) is 5.91 Å². The summed E-state index contributed by atoms with van der Waals surface area (Å²) in [7, 11) is 1.55. The summed E-state index contributed by atoms with van der Waals surface area (Å²) in [5.74, 6) is -0.205. The fraction of sp³-hybridized carbons (Fsp3) is 0.462. The number of nitrogens with one attached hydrogen (secondary N) is 3. The molecule has 0 fully saturated rings. The molecule has 8 nitrogen and oxygen atoms in total. The highest BCUT2D eigenvalue weighted by molar-refractivity contribution is 5.81. The molecule has 1 amide bonds. The number of amides is 1. The maximum Gasteiger partial charge on any atom is 0.273 e. The quantitative estimate of drug-likeness (QED) is 0.359. The first-order valence-corrected chi connectivity index (χ1v) is 6.59. The Kier molecular flexibility index (Phi) is 6.96. The second kappa shape index (κ2) is 8.75. The number of methoxy groups -OCH3 is 1. The first-order chi connectivity index (χ1) is 10.1. The van der Waals surface area contributed by atoms with Gasteiger partial charge in [-0.2, -0.15) is 0 Å². The lowest BCUT2D eigenvalue weighted by atomic mass is 10.2. The Labute approximate surface area is 123 Å². The molecule has 3 N–H and O–H groups in total. The molecule has 0 unspecified atom stereocenters. The van der Waals surface area contributed by atoms with Gasteiger partial charge in [-0.3, -0.25) is 14.9 Å². The van der Waals surface area contributed by atoms with Crippen molar-refractivity contribution in [3.63, 3.8) is 0 Å². The number of nitro groups is 1. The Balaban J connectivity index is 2.64. The van der Waals surface area contributed by atoms with E-state index in [4.69, 9.17) is 4.74 Å². The lowest BCUT2D eigenvalue weighted by molar-refractivity contribution is -0.384. The SMILES string of the molecule is CCNc1cc(NCC(=O)NCCOC)cc([N+](=O)[O-])c1. The average molecular weight is 296 g/mol. The normalized spacial score (nSPS) is 10.0. The molecule has 0 bridgehead atoms. The molecule has 1 rings (SSSR count). The maximum absolute atomic E-state index is 11.5. The summed E-state index contributed by atoms with van der Waals surface area (Å²) in [5, 5.41) is 19.4. The maximum atomic E-state index is 11.5. The van der Waals surface area contributed by atoms with Crippen molar-refractivity contribution in [2.45, 2.75) is 6.92 Å². The number of hydrogen-bond donors (Lipinski definition) is 3. The summed E-state index contributed by atoms with van der Waals surface area (Å²) in [5.41, 5.74) is 1.12. The zero-order chi connectivity index (χ0) is 15.7. The van der Waals surface area contributed by atoms with Crippen LogP contribution in [0.4, 0.5) is 17.1 Å². The lowest BCUT2D eigenvalue weighted by Crippen LogP contribution is -2.32. The molecule has 0 aliphatic carbocycles. The summed E-state index contributed by atoms with van der Waals surface area (Å²) < 4.78 is 4.82. The smallest absolute Gasteiger partial charge is 0.273 e. The van der Waals surface area contributed by atoms with Crippen LogP contribution in [0.5, 0.6) is 0 Å². The van der Waals surface area contributed by atoms with E-state index in [9.17, 15) is 14.9 Å². The van der Waals surface area contributed by atoms with Crippen LogP contribution in [0.3, 0.4) is 0 Å². The number of non-ortho nitro benzene ring substituents is 1. The van der Waals surface area contributed by atoms with Crippen molar-refractivity contribution in [3.8, 4) is 0 Å². The molecule has 116 valence electrons. The van der Waals surface area contributed by atoms with E-state index in [1.165, 1.54) is 12.1 Å². The highest BCUT2D eigenvalue weighted by Gasteiger charge is 2.10. The molecule has 0 saturated carbocycles. The van der Waals surface area contributed by atoms with Crippen molar-refractivity contribution < 1.29 is 14.5 Å². The number of carbonyl (C=O) groups excluding carboxylic acids is 1. The van der Waals surface area contributed by atoms with Crippen LogP contribution in [0.1, 0.15) is 6.92 Å². The minimum atomic E-state index is -0.468. The molecule has 8 heteroatoms. The van der Waals surface area contributed by atoms with Crippen molar-refractivity contribution in [1.29, 1.82) is 0 Å². The highest BCUT2D eigenvalue weighted by atomic mass is 16.6. The van der Waals surface area contributed by atoms with Gasteiger partial charge in [-0.15, -0.1) is 0 Å². The van der Waals surface area contributed by atoms with Crippen LogP contribution < -0.4 is 16.0 Å². The van der Waals surface area contributed by atoms with Gasteiger partial charge in [-0.05, 0) is 13.0 Å². The van der Waals surface area contributed by atoms with Crippen LogP contribution in [-0.2, 0) is 9.53 Å². The van der Waals surface area contributed by atoms with E-state index < -0.39 is 4.92 Å². The van der Waals surface area contributed by atoms with Crippen molar-refractivity contribution in [1.82, 2.24) is 5.32 Å². The van der Waals surface area contributed by atoms with Crippen LogP contribution in [0, 0.1) is 10.1 Å². The molecule has 0 spiro atoms. The molecule has 21 heavy (non-hydrogen) atoms. The number of ether oxygens (including phenoxy) is 1. The topological polar surface area (TPSA) is 106 Å². The van der Waals surface area contributed by atoms with E-state index >= 15 is 0 Å². The van der Waals surface area contributed by atoms with Crippen molar-refractivity contribution in [3.05, 3.63) is 28.3 Å². The standard InChI is InChI=1S/C13H20N4O4/c1-3-14-10-6-11(8-12(7-10)17(19)20)16-9-13(18)15-4-5-21-2/h6-8,14,16H,3-5,9H2,1-2H3,(H,15,18). The first kappa shape index (κ1) is 16.7. The average Bonchev–Trinajstić information content (AvgIpc) is 2.45. The van der Waals surface area contributed by atoms with Gasteiger partial charge >= 0.3 is 0 Å². The second-order valence-corrected chi connectivity index (χ2v) is 4.25. The van der Waals surface area contributed by atoms with Gasteiger partial charge in [0.15, 0.2) is 0 Å². The van der Waals surface area contributed by atoms with E-state index in [0.717, 1.165) is 0 Å². The van der Waals surface area contributed by atoms with Crippen LogP contribution >= 0.6 is 0 Å². The predicted molar refractivity (Wildman–Crippen MR) is 80.6 cm³/mol. The van der Waals surface area contributed by atoms with Gasteiger partial charge in [0.05, 0.1) is 18.1 Å². The first-order valence-electron chi connectivity index (χ1n) is 6.59. The van der Waals surface area contributed by atoms with Gasteiger partial charge in [0.1, 0.15) is 0 Å². The summed E-state index contributed by atoms with van der Waals surface area (Å²) >= 11 is 0. The molecular weight excluding hydrogens is 276 g/mol. The summed E-state index contributed by atoms with van der Waals surface area (Å²) in [4.78, 5) is 22.0. The molecule has 0 saturated heterocycles. The number of anilines is 2. The second-order valence-electron chi connectivity index (χ2n) is 4.25. The number of carbonyl (C=O) groups is 1. The van der Waals surface area contributed by atoms with Crippen molar-refractivity contribution in [2.24, 2.45) is 0 Å². The third kappa shape index (κ3) is 6.09. The zero-order valence-corrected chi connectivity index (χ0v) is 12.1. The largest absolute Gasteiger partial charge is 0.385 e.